The summed E-state index contributed by atoms with van der Waals surface area (Å²) in [7, 11) is 0. The number of rotatable bonds is 2. The number of aromatic nitrogens is 1. The Balaban J connectivity index is 2.55. The third-order valence-corrected chi connectivity index (χ3v) is 3.51. The van der Waals surface area contributed by atoms with Crippen LogP contribution in [0.5, 0.6) is 0 Å². The zero-order chi connectivity index (χ0) is 13.7. The van der Waals surface area contributed by atoms with Gasteiger partial charge < -0.3 is 9.67 Å². The smallest absolute Gasteiger partial charge is 0.344 e. The summed E-state index contributed by atoms with van der Waals surface area (Å²) in [6, 6.07) is 5.10. The highest BCUT2D eigenvalue weighted by molar-refractivity contribution is 5.94. The van der Waals surface area contributed by atoms with Crippen LogP contribution in [0.2, 0.25) is 0 Å². The number of aromatic carboxylic acids is 1. The molecule has 0 amide bonds. The van der Waals surface area contributed by atoms with Crippen LogP contribution in [0.4, 0.5) is 4.39 Å². The molecule has 1 saturated carbocycles. The Labute approximate surface area is 108 Å². The number of nitrogens with zero attached hydrogens (tertiary/aromatic N) is 1. The maximum atomic E-state index is 14.3. The fraction of sp³-hybridized carbons (Fsp3) is 0.286. The summed E-state index contributed by atoms with van der Waals surface area (Å²) in [5.41, 5.74) is -0.349. The molecule has 19 heavy (non-hydrogen) atoms. The van der Waals surface area contributed by atoms with Crippen molar-refractivity contribution in [3.63, 3.8) is 0 Å². The first-order valence-corrected chi connectivity index (χ1v) is 6.09. The predicted molar refractivity (Wildman–Crippen MR) is 68.1 cm³/mol. The van der Waals surface area contributed by atoms with Crippen molar-refractivity contribution in [2.75, 3.05) is 0 Å². The van der Waals surface area contributed by atoms with E-state index in [-0.39, 0.29) is 6.04 Å². The van der Waals surface area contributed by atoms with Crippen molar-refractivity contribution < 1.29 is 14.3 Å². The van der Waals surface area contributed by atoms with E-state index in [0.29, 0.717) is 16.5 Å². The first kappa shape index (κ1) is 11.9. The van der Waals surface area contributed by atoms with E-state index < -0.39 is 22.9 Å². The number of benzene rings is 1. The number of hydrogen-bond donors (Lipinski definition) is 1. The lowest BCUT2D eigenvalue weighted by atomic mass is 10.1. The zero-order valence-corrected chi connectivity index (χ0v) is 10.3. The van der Waals surface area contributed by atoms with Crippen molar-refractivity contribution in [2.45, 2.75) is 25.8 Å². The van der Waals surface area contributed by atoms with Gasteiger partial charge in [-0.2, -0.15) is 4.39 Å². The van der Waals surface area contributed by atoms with Gasteiger partial charge in [0.1, 0.15) is 0 Å². The number of aryl methyl sites for hydroxylation is 1. The molecule has 0 bridgehead atoms. The number of carbonyl (C=O) groups is 1. The van der Waals surface area contributed by atoms with E-state index in [1.165, 1.54) is 4.57 Å². The SMILES string of the molecule is Cc1cccc2c1c(=O)c(C(=O)O)c(F)n2C1CC1. The molecule has 0 unspecified atom stereocenters. The van der Waals surface area contributed by atoms with E-state index in [1.54, 1.807) is 25.1 Å². The maximum Gasteiger partial charge on any atom is 0.344 e. The molecule has 0 radical (unpaired) electrons. The molecule has 1 aromatic carbocycles. The molecule has 0 aliphatic heterocycles. The van der Waals surface area contributed by atoms with Crippen LogP contribution in [0.25, 0.3) is 10.9 Å². The van der Waals surface area contributed by atoms with E-state index in [1.807, 2.05) is 0 Å². The molecule has 3 rings (SSSR count). The maximum absolute atomic E-state index is 14.3. The summed E-state index contributed by atoms with van der Waals surface area (Å²) < 4.78 is 15.7. The fourth-order valence-corrected chi connectivity index (χ4v) is 2.47. The monoisotopic (exact) mass is 261 g/mol. The number of fused-ring (bicyclic) bond motifs is 1. The molecule has 4 nitrogen and oxygen atoms in total. The Bertz CT molecular complexity index is 759. The van der Waals surface area contributed by atoms with Gasteiger partial charge in [-0.1, -0.05) is 12.1 Å². The summed E-state index contributed by atoms with van der Waals surface area (Å²) >= 11 is 0. The van der Waals surface area contributed by atoms with Gasteiger partial charge in [0, 0.05) is 11.4 Å². The van der Waals surface area contributed by atoms with E-state index in [2.05, 4.69) is 0 Å². The molecule has 1 heterocycles. The normalized spacial score (nSPS) is 14.8. The quantitative estimate of drug-likeness (QED) is 0.845. The number of pyridine rings is 1. The van der Waals surface area contributed by atoms with Crippen LogP contribution in [-0.4, -0.2) is 15.6 Å². The zero-order valence-electron chi connectivity index (χ0n) is 10.3. The van der Waals surface area contributed by atoms with Crippen molar-refractivity contribution >= 4 is 16.9 Å². The molecule has 2 aromatic rings. The molecule has 1 aromatic heterocycles. The number of halogens is 1. The van der Waals surface area contributed by atoms with Gasteiger partial charge in [0.25, 0.3) is 0 Å². The first-order chi connectivity index (χ1) is 9.02. The number of carboxylic acid groups (broad SMARTS) is 1. The highest BCUT2D eigenvalue weighted by Crippen LogP contribution is 2.38. The van der Waals surface area contributed by atoms with Gasteiger partial charge in [0.15, 0.2) is 5.56 Å². The Morgan fingerprint density at radius 2 is 2.11 bits per heavy atom. The van der Waals surface area contributed by atoms with Gasteiger partial charge in [-0.15, -0.1) is 0 Å². The fourth-order valence-electron chi connectivity index (χ4n) is 2.47. The molecule has 0 atom stereocenters. The highest BCUT2D eigenvalue weighted by atomic mass is 19.1. The highest BCUT2D eigenvalue weighted by Gasteiger charge is 2.31. The molecule has 0 spiro atoms. The largest absolute Gasteiger partial charge is 0.477 e. The second kappa shape index (κ2) is 3.91. The predicted octanol–water partition coefficient (Wildman–Crippen LogP) is 2.48. The van der Waals surface area contributed by atoms with Gasteiger partial charge in [-0.25, -0.2) is 4.79 Å². The summed E-state index contributed by atoms with van der Waals surface area (Å²) in [5, 5.41) is 9.37. The van der Waals surface area contributed by atoms with E-state index in [0.717, 1.165) is 12.8 Å². The van der Waals surface area contributed by atoms with Crippen LogP contribution in [-0.2, 0) is 0 Å². The minimum Gasteiger partial charge on any atom is -0.477 e. The standard InChI is InChI=1S/C14H12FNO3/c1-7-3-2-4-9-10(7)12(17)11(14(18)19)13(15)16(9)8-5-6-8/h2-4,8H,5-6H2,1H3,(H,18,19). The Hall–Kier alpha value is -2.17. The van der Waals surface area contributed by atoms with Gasteiger partial charge in [0.05, 0.1) is 5.52 Å². The molecule has 1 aliphatic carbocycles. The van der Waals surface area contributed by atoms with Crippen molar-refractivity contribution in [1.82, 2.24) is 4.57 Å². The van der Waals surface area contributed by atoms with Crippen LogP contribution in [0.15, 0.2) is 23.0 Å². The summed E-state index contributed by atoms with van der Waals surface area (Å²) in [6.07, 6.45) is 1.61. The third kappa shape index (κ3) is 1.65. The third-order valence-electron chi connectivity index (χ3n) is 3.51. The Morgan fingerprint density at radius 1 is 1.42 bits per heavy atom. The van der Waals surface area contributed by atoms with Crippen LogP contribution >= 0.6 is 0 Å². The molecule has 0 saturated heterocycles. The molecule has 1 aliphatic rings. The minimum atomic E-state index is -1.51. The topological polar surface area (TPSA) is 59.3 Å². The van der Waals surface area contributed by atoms with E-state index >= 15 is 0 Å². The summed E-state index contributed by atoms with van der Waals surface area (Å²) in [4.78, 5) is 23.3. The number of hydrogen-bond acceptors (Lipinski definition) is 2. The lowest BCUT2D eigenvalue weighted by molar-refractivity contribution is 0.0688. The lowest BCUT2D eigenvalue weighted by Crippen LogP contribution is -2.23. The van der Waals surface area contributed by atoms with Gasteiger partial charge in [-0.3, -0.25) is 4.79 Å². The molecule has 98 valence electrons. The van der Waals surface area contributed by atoms with Gasteiger partial charge in [-0.05, 0) is 31.4 Å². The van der Waals surface area contributed by atoms with Gasteiger partial charge >= 0.3 is 5.97 Å². The summed E-state index contributed by atoms with van der Waals surface area (Å²) in [6.45, 7) is 1.73. The van der Waals surface area contributed by atoms with Crippen molar-refractivity contribution in [1.29, 1.82) is 0 Å². The molecular weight excluding hydrogens is 249 g/mol. The van der Waals surface area contributed by atoms with E-state index in [9.17, 15) is 14.0 Å². The average Bonchev–Trinajstić information content (AvgIpc) is 3.12. The van der Waals surface area contributed by atoms with Crippen molar-refractivity contribution in [3.05, 3.63) is 45.5 Å². The van der Waals surface area contributed by atoms with Crippen molar-refractivity contribution in [2.24, 2.45) is 0 Å². The van der Waals surface area contributed by atoms with Crippen LogP contribution < -0.4 is 5.43 Å². The Kier molecular flexibility index (Phi) is 2.45. The molecule has 5 heteroatoms. The minimum absolute atomic E-state index is 0.0389. The number of carboxylic acids is 1. The Morgan fingerprint density at radius 3 is 2.68 bits per heavy atom. The van der Waals surface area contributed by atoms with Crippen LogP contribution in [0.3, 0.4) is 0 Å². The van der Waals surface area contributed by atoms with Crippen molar-refractivity contribution in [3.8, 4) is 0 Å². The lowest BCUT2D eigenvalue weighted by Gasteiger charge is -2.14. The molecular formula is C14H12FNO3. The van der Waals surface area contributed by atoms with E-state index in [4.69, 9.17) is 5.11 Å². The van der Waals surface area contributed by atoms with Gasteiger partial charge in [0.2, 0.25) is 11.4 Å². The first-order valence-electron chi connectivity index (χ1n) is 6.09. The molecule has 1 fully saturated rings. The summed E-state index contributed by atoms with van der Waals surface area (Å²) in [5.74, 6) is -2.44. The van der Waals surface area contributed by atoms with Crippen LogP contribution in [0, 0.1) is 12.9 Å². The average molecular weight is 261 g/mol. The second-order valence-electron chi connectivity index (χ2n) is 4.87. The molecule has 1 N–H and O–H groups in total. The van der Waals surface area contributed by atoms with Crippen LogP contribution in [0.1, 0.15) is 34.8 Å². The second-order valence-corrected chi connectivity index (χ2v) is 4.87.